The average molecular weight is 260 g/mol. The molecule has 0 aromatic heterocycles. The second kappa shape index (κ2) is 4.79. The Bertz CT molecular complexity index is 786. The molecule has 100 valence electrons. The number of hydrogen-bond acceptors (Lipinski definition) is 0. The third-order valence-electron chi connectivity index (χ3n) is 3.54. The molecule has 3 aromatic carbocycles. The van der Waals surface area contributed by atoms with E-state index in [1.807, 2.05) is 0 Å². The zero-order chi connectivity index (χ0) is 14.2. The van der Waals surface area contributed by atoms with Crippen LogP contribution in [0.2, 0.25) is 0 Å². The summed E-state index contributed by atoms with van der Waals surface area (Å²) < 4.78 is 0. The lowest BCUT2D eigenvalue weighted by molar-refractivity contribution is 0.547. The molecule has 0 heteroatoms. The zero-order valence-corrected chi connectivity index (χ0v) is 12.4. The second-order valence-electron chi connectivity index (χ2n) is 6.47. The molecule has 0 aliphatic rings. The van der Waals surface area contributed by atoms with Gasteiger partial charge < -0.3 is 0 Å². The van der Waals surface area contributed by atoms with E-state index in [2.05, 4.69) is 87.5 Å². The van der Waals surface area contributed by atoms with Crippen LogP contribution in [0.5, 0.6) is 0 Å². The van der Waals surface area contributed by atoms with Gasteiger partial charge in [0.25, 0.3) is 0 Å². The van der Waals surface area contributed by atoms with E-state index in [9.17, 15) is 0 Å². The van der Waals surface area contributed by atoms with Crippen LogP contribution in [0.25, 0.3) is 27.6 Å². The van der Waals surface area contributed by atoms with E-state index >= 15 is 0 Å². The summed E-state index contributed by atoms with van der Waals surface area (Å²) in [5.74, 6) is 0. The van der Waals surface area contributed by atoms with E-state index in [1.54, 1.807) is 0 Å². The summed E-state index contributed by atoms with van der Waals surface area (Å²) in [5, 5.41) is 5.24. The molecule has 0 spiro atoms. The molecule has 0 atom stereocenters. The van der Waals surface area contributed by atoms with Gasteiger partial charge in [0.1, 0.15) is 0 Å². The van der Waals surface area contributed by atoms with E-state index < -0.39 is 0 Å². The summed E-state index contributed by atoms with van der Waals surface area (Å²) in [5.41, 5.74) is 1.50. The highest BCUT2D eigenvalue weighted by atomic mass is 14.1. The number of benzene rings is 3. The molecule has 3 rings (SSSR count). The average Bonchev–Trinajstić information content (AvgIpc) is 2.42. The fourth-order valence-electron chi connectivity index (χ4n) is 2.48. The molecule has 0 nitrogen and oxygen atoms in total. The van der Waals surface area contributed by atoms with Crippen LogP contribution in [-0.4, -0.2) is 0 Å². The van der Waals surface area contributed by atoms with Crippen LogP contribution in [-0.2, 0) is 0 Å². The SMILES string of the molecule is CC(C)(C)/C=C\c1cccc2cc3ccccc3cc12. The van der Waals surface area contributed by atoms with Gasteiger partial charge in [0.05, 0.1) is 0 Å². The summed E-state index contributed by atoms with van der Waals surface area (Å²) in [6.45, 7) is 6.68. The predicted octanol–water partition coefficient (Wildman–Crippen LogP) is 6.05. The lowest BCUT2D eigenvalue weighted by Gasteiger charge is -2.12. The van der Waals surface area contributed by atoms with Gasteiger partial charge in [-0.05, 0) is 44.7 Å². The summed E-state index contributed by atoms with van der Waals surface area (Å²) in [6.07, 6.45) is 4.52. The van der Waals surface area contributed by atoms with Crippen LogP contribution in [0.15, 0.2) is 60.7 Å². The third-order valence-corrected chi connectivity index (χ3v) is 3.54. The van der Waals surface area contributed by atoms with Crippen LogP contribution in [0, 0.1) is 5.41 Å². The Balaban J connectivity index is 2.23. The van der Waals surface area contributed by atoms with Crippen molar-refractivity contribution in [3.8, 4) is 0 Å². The standard InChI is InChI=1S/C20H20/c1-20(2,3)12-11-15-9-6-10-18-13-16-7-4-5-8-17(16)14-19(15)18/h4-14H,1-3H3/b12-11-. The Kier molecular flexibility index (Phi) is 3.10. The van der Waals surface area contributed by atoms with Crippen molar-refractivity contribution >= 4 is 27.6 Å². The van der Waals surface area contributed by atoms with Crippen molar-refractivity contribution in [3.63, 3.8) is 0 Å². The van der Waals surface area contributed by atoms with Gasteiger partial charge in [0.2, 0.25) is 0 Å². The van der Waals surface area contributed by atoms with Crippen molar-refractivity contribution in [1.29, 1.82) is 0 Å². The Hall–Kier alpha value is -2.08. The number of rotatable bonds is 1. The monoisotopic (exact) mass is 260 g/mol. The molecule has 0 radical (unpaired) electrons. The highest BCUT2D eigenvalue weighted by molar-refractivity contribution is 6.01. The van der Waals surface area contributed by atoms with Crippen molar-refractivity contribution < 1.29 is 0 Å². The fourth-order valence-corrected chi connectivity index (χ4v) is 2.48. The lowest BCUT2D eigenvalue weighted by Crippen LogP contribution is -1.98. The van der Waals surface area contributed by atoms with Gasteiger partial charge in [-0.15, -0.1) is 0 Å². The minimum Gasteiger partial charge on any atom is -0.0785 e. The van der Waals surface area contributed by atoms with E-state index in [0.717, 1.165) is 0 Å². The van der Waals surface area contributed by atoms with E-state index in [0.29, 0.717) is 0 Å². The Morgan fingerprint density at radius 1 is 0.750 bits per heavy atom. The Morgan fingerprint density at radius 3 is 2.10 bits per heavy atom. The molecule has 0 saturated heterocycles. The number of allylic oxidation sites excluding steroid dienone is 1. The van der Waals surface area contributed by atoms with Crippen LogP contribution in [0.1, 0.15) is 26.3 Å². The molecule has 0 heterocycles. The third kappa shape index (κ3) is 2.60. The van der Waals surface area contributed by atoms with Gasteiger partial charge in [0, 0.05) is 0 Å². The van der Waals surface area contributed by atoms with Gasteiger partial charge >= 0.3 is 0 Å². The van der Waals surface area contributed by atoms with Crippen LogP contribution in [0.3, 0.4) is 0 Å². The molecule has 0 aliphatic heterocycles. The van der Waals surface area contributed by atoms with Gasteiger partial charge in [0.15, 0.2) is 0 Å². The predicted molar refractivity (Wildman–Crippen MR) is 89.9 cm³/mol. The van der Waals surface area contributed by atoms with Crippen molar-refractivity contribution in [3.05, 3.63) is 66.2 Å². The molecule has 3 aromatic rings. The van der Waals surface area contributed by atoms with Crippen LogP contribution >= 0.6 is 0 Å². The highest BCUT2D eigenvalue weighted by Gasteiger charge is 2.05. The highest BCUT2D eigenvalue weighted by Crippen LogP contribution is 2.27. The first kappa shape index (κ1) is 12.9. The van der Waals surface area contributed by atoms with Gasteiger partial charge in [-0.3, -0.25) is 0 Å². The minimum atomic E-state index is 0.207. The summed E-state index contributed by atoms with van der Waals surface area (Å²) in [6, 6.07) is 19.6. The molecule has 0 N–H and O–H groups in total. The summed E-state index contributed by atoms with van der Waals surface area (Å²) >= 11 is 0. The van der Waals surface area contributed by atoms with Crippen LogP contribution < -0.4 is 0 Å². The molecule has 0 bridgehead atoms. The Labute approximate surface area is 120 Å². The summed E-state index contributed by atoms with van der Waals surface area (Å²) in [4.78, 5) is 0. The quantitative estimate of drug-likeness (QED) is 0.467. The molecule has 0 fully saturated rings. The second-order valence-corrected chi connectivity index (χ2v) is 6.47. The van der Waals surface area contributed by atoms with Crippen LogP contribution in [0.4, 0.5) is 0 Å². The van der Waals surface area contributed by atoms with Gasteiger partial charge in [-0.2, -0.15) is 0 Å². The smallest absolute Gasteiger partial charge is 0.0105 e. The molecule has 0 saturated carbocycles. The first-order valence-electron chi connectivity index (χ1n) is 7.14. The van der Waals surface area contributed by atoms with E-state index in [4.69, 9.17) is 0 Å². The molecule has 0 unspecified atom stereocenters. The van der Waals surface area contributed by atoms with Crippen molar-refractivity contribution in [1.82, 2.24) is 0 Å². The number of hydrogen-bond donors (Lipinski definition) is 0. The molecular formula is C20H20. The fraction of sp³-hybridized carbons (Fsp3) is 0.200. The van der Waals surface area contributed by atoms with Crippen molar-refractivity contribution in [2.75, 3.05) is 0 Å². The number of fused-ring (bicyclic) bond motifs is 2. The topological polar surface area (TPSA) is 0 Å². The zero-order valence-electron chi connectivity index (χ0n) is 12.4. The first-order valence-corrected chi connectivity index (χ1v) is 7.14. The molecule has 20 heavy (non-hydrogen) atoms. The van der Waals surface area contributed by atoms with Crippen molar-refractivity contribution in [2.24, 2.45) is 5.41 Å². The molecule has 0 aliphatic carbocycles. The largest absolute Gasteiger partial charge is 0.0785 e. The molecule has 0 amide bonds. The maximum Gasteiger partial charge on any atom is -0.0105 e. The van der Waals surface area contributed by atoms with Gasteiger partial charge in [-0.25, -0.2) is 0 Å². The first-order chi connectivity index (χ1) is 9.53. The van der Waals surface area contributed by atoms with Crippen molar-refractivity contribution in [2.45, 2.75) is 20.8 Å². The lowest BCUT2D eigenvalue weighted by atomic mass is 9.93. The summed E-state index contributed by atoms with van der Waals surface area (Å²) in [7, 11) is 0. The van der Waals surface area contributed by atoms with E-state index in [1.165, 1.54) is 27.1 Å². The molecular weight excluding hydrogens is 240 g/mol. The normalized spacial score (nSPS) is 12.6. The maximum atomic E-state index is 2.30. The minimum absolute atomic E-state index is 0.207. The van der Waals surface area contributed by atoms with Gasteiger partial charge in [-0.1, -0.05) is 75.4 Å². The Morgan fingerprint density at radius 2 is 1.40 bits per heavy atom. The maximum absolute atomic E-state index is 2.30. The van der Waals surface area contributed by atoms with E-state index in [-0.39, 0.29) is 5.41 Å².